The van der Waals surface area contributed by atoms with Gasteiger partial charge in [0.2, 0.25) is 5.91 Å². The molecule has 118 valence electrons. The van der Waals surface area contributed by atoms with Crippen LogP contribution in [0.1, 0.15) is 6.92 Å². The average molecular weight is 322 g/mol. The van der Waals surface area contributed by atoms with Crippen LogP contribution in [-0.2, 0) is 11.3 Å². The summed E-state index contributed by atoms with van der Waals surface area (Å²) in [6.45, 7) is 2.76. The molecule has 0 atom stereocenters. The maximum absolute atomic E-state index is 12.1. The Kier molecular flexibility index (Phi) is 5.65. The Bertz CT molecular complexity index is 645. The van der Waals surface area contributed by atoms with Crippen LogP contribution in [0.2, 0.25) is 0 Å². The number of nitrogens with one attached hydrogen (secondary N) is 1. The summed E-state index contributed by atoms with van der Waals surface area (Å²) in [5.41, 5.74) is 0.603. The molecule has 0 fully saturated rings. The summed E-state index contributed by atoms with van der Waals surface area (Å²) < 4.78 is 12.3. The highest BCUT2D eigenvalue weighted by molar-refractivity contribution is 7.99. The number of benzene rings is 1. The molecule has 1 aromatic heterocycles. The second-order valence-corrected chi connectivity index (χ2v) is 5.25. The van der Waals surface area contributed by atoms with Crippen molar-refractivity contribution in [3.63, 3.8) is 0 Å². The second kappa shape index (κ2) is 7.69. The molecular weight excluding hydrogens is 304 g/mol. The number of hydrogen-bond acceptors (Lipinski definition) is 6. The minimum absolute atomic E-state index is 0.140. The van der Waals surface area contributed by atoms with Crippen molar-refractivity contribution < 1.29 is 14.3 Å². The number of rotatable bonds is 7. The topological polar surface area (TPSA) is 78.3 Å². The maximum atomic E-state index is 12.1. The Morgan fingerprint density at radius 3 is 2.86 bits per heavy atom. The highest BCUT2D eigenvalue weighted by Gasteiger charge is 2.11. The highest BCUT2D eigenvalue weighted by Crippen LogP contribution is 2.29. The fourth-order valence-electron chi connectivity index (χ4n) is 1.79. The van der Waals surface area contributed by atoms with Crippen LogP contribution >= 0.6 is 11.8 Å². The summed E-state index contributed by atoms with van der Waals surface area (Å²) in [6.07, 6.45) is 1.65. The van der Waals surface area contributed by atoms with Gasteiger partial charge in [-0.15, -0.1) is 10.2 Å². The number of carbonyl (C=O) groups is 1. The van der Waals surface area contributed by atoms with Gasteiger partial charge in [-0.05, 0) is 19.1 Å². The third kappa shape index (κ3) is 3.91. The molecule has 1 heterocycles. The van der Waals surface area contributed by atoms with Crippen LogP contribution in [0.3, 0.4) is 0 Å². The number of nitrogens with zero attached hydrogens (tertiary/aromatic N) is 3. The Labute approximate surface area is 133 Å². The standard InChI is InChI=1S/C14H18N4O3S/c1-4-18-9-15-17-14(18)22-8-13(19)16-11-6-5-10(20-2)7-12(11)21-3/h5-7,9H,4,8H2,1-3H3,(H,16,19). The average Bonchev–Trinajstić information content (AvgIpc) is 3.00. The summed E-state index contributed by atoms with van der Waals surface area (Å²) in [6, 6.07) is 5.23. The van der Waals surface area contributed by atoms with E-state index in [1.165, 1.54) is 11.8 Å². The lowest BCUT2D eigenvalue weighted by Gasteiger charge is -2.11. The van der Waals surface area contributed by atoms with Gasteiger partial charge in [0.05, 0.1) is 25.7 Å². The predicted molar refractivity (Wildman–Crippen MR) is 84.6 cm³/mol. The molecule has 1 aromatic carbocycles. The van der Waals surface area contributed by atoms with E-state index in [2.05, 4.69) is 15.5 Å². The molecule has 2 aromatic rings. The molecule has 0 spiro atoms. The molecule has 1 amide bonds. The van der Waals surface area contributed by atoms with Gasteiger partial charge in [-0.1, -0.05) is 11.8 Å². The van der Waals surface area contributed by atoms with Crippen LogP contribution in [-0.4, -0.2) is 40.6 Å². The summed E-state index contributed by atoms with van der Waals surface area (Å²) in [5, 5.41) is 11.3. The first kappa shape index (κ1) is 16.2. The van der Waals surface area contributed by atoms with Gasteiger partial charge in [-0.3, -0.25) is 4.79 Å². The third-order valence-electron chi connectivity index (χ3n) is 2.94. The van der Waals surface area contributed by atoms with Crippen molar-refractivity contribution >= 4 is 23.4 Å². The predicted octanol–water partition coefficient (Wildman–Crippen LogP) is 2.05. The van der Waals surface area contributed by atoms with E-state index in [9.17, 15) is 4.79 Å². The van der Waals surface area contributed by atoms with Crippen LogP contribution in [0.15, 0.2) is 29.7 Å². The fourth-order valence-corrected chi connectivity index (χ4v) is 2.57. The quantitative estimate of drug-likeness (QED) is 0.786. The normalized spacial score (nSPS) is 10.3. The maximum Gasteiger partial charge on any atom is 0.234 e. The van der Waals surface area contributed by atoms with E-state index in [0.717, 1.165) is 11.7 Å². The monoisotopic (exact) mass is 322 g/mol. The van der Waals surface area contributed by atoms with Crippen molar-refractivity contribution in [3.05, 3.63) is 24.5 Å². The molecule has 0 unspecified atom stereocenters. The van der Waals surface area contributed by atoms with E-state index in [1.54, 1.807) is 38.7 Å². The summed E-state index contributed by atoms with van der Waals surface area (Å²) in [5.74, 6) is 1.32. The molecule has 0 saturated carbocycles. The number of aryl methyl sites for hydroxylation is 1. The SMILES string of the molecule is CCn1cnnc1SCC(=O)Nc1ccc(OC)cc1OC. The van der Waals surface area contributed by atoms with Crippen molar-refractivity contribution in [3.8, 4) is 11.5 Å². The number of anilines is 1. The number of hydrogen-bond donors (Lipinski definition) is 1. The first-order valence-corrected chi connectivity index (χ1v) is 7.69. The molecule has 0 aliphatic rings. The molecule has 1 N–H and O–H groups in total. The smallest absolute Gasteiger partial charge is 0.234 e. The molecule has 7 nitrogen and oxygen atoms in total. The Hall–Kier alpha value is -2.22. The zero-order valence-electron chi connectivity index (χ0n) is 12.7. The van der Waals surface area contributed by atoms with Gasteiger partial charge in [0.1, 0.15) is 17.8 Å². The number of amides is 1. The minimum Gasteiger partial charge on any atom is -0.497 e. The number of ether oxygens (including phenoxy) is 2. The van der Waals surface area contributed by atoms with Crippen LogP contribution in [0.4, 0.5) is 5.69 Å². The van der Waals surface area contributed by atoms with Crippen LogP contribution < -0.4 is 14.8 Å². The lowest BCUT2D eigenvalue weighted by molar-refractivity contribution is -0.113. The van der Waals surface area contributed by atoms with Crippen LogP contribution in [0.25, 0.3) is 0 Å². The van der Waals surface area contributed by atoms with E-state index >= 15 is 0 Å². The molecule has 0 bridgehead atoms. The zero-order chi connectivity index (χ0) is 15.9. The molecule has 0 aliphatic heterocycles. The first-order chi connectivity index (χ1) is 10.7. The fraction of sp³-hybridized carbons (Fsp3) is 0.357. The number of aromatic nitrogens is 3. The van der Waals surface area contributed by atoms with Crippen LogP contribution in [0, 0.1) is 0 Å². The van der Waals surface area contributed by atoms with Gasteiger partial charge in [0.25, 0.3) is 0 Å². The molecule has 0 aliphatic carbocycles. The Morgan fingerprint density at radius 1 is 1.36 bits per heavy atom. The van der Waals surface area contributed by atoms with Gasteiger partial charge in [0.15, 0.2) is 5.16 Å². The molecule has 8 heteroatoms. The van der Waals surface area contributed by atoms with Gasteiger partial charge in [-0.25, -0.2) is 0 Å². The minimum atomic E-state index is -0.140. The first-order valence-electron chi connectivity index (χ1n) is 6.70. The largest absolute Gasteiger partial charge is 0.497 e. The summed E-state index contributed by atoms with van der Waals surface area (Å²) in [4.78, 5) is 12.1. The van der Waals surface area contributed by atoms with Gasteiger partial charge < -0.3 is 19.4 Å². The third-order valence-corrected chi connectivity index (χ3v) is 3.92. The molecular formula is C14H18N4O3S. The van der Waals surface area contributed by atoms with Gasteiger partial charge in [0, 0.05) is 12.6 Å². The lowest BCUT2D eigenvalue weighted by atomic mass is 10.2. The molecule has 2 rings (SSSR count). The Morgan fingerprint density at radius 2 is 2.18 bits per heavy atom. The molecule has 0 radical (unpaired) electrons. The van der Waals surface area contributed by atoms with Gasteiger partial charge in [-0.2, -0.15) is 0 Å². The van der Waals surface area contributed by atoms with E-state index in [1.807, 2.05) is 11.5 Å². The van der Waals surface area contributed by atoms with E-state index in [4.69, 9.17) is 9.47 Å². The van der Waals surface area contributed by atoms with Crippen molar-refractivity contribution in [2.75, 3.05) is 25.3 Å². The van der Waals surface area contributed by atoms with E-state index < -0.39 is 0 Å². The van der Waals surface area contributed by atoms with Crippen LogP contribution in [0.5, 0.6) is 11.5 Å². The number of carbonyl (C=O) groups excluding carboxylic acids is 1. The van der Waals surface area contributed by atoms with Crippen molar-refractivity contribution in [2.45, 2.75) is 18.6 Å². The van der Waals surface area contributed by atoms with Crippen molar-refractivity contribution in [2.24, 2.45) is 0 Å². The number of methoxy groups -OCH3 is 2. The summed E-state index contributed by atoms with van der Waals surface area (Å²) in [7, 11) is 3.12. The van der Waals surface area contributed by atoms with Crippen molar-refractivity contribution in [1.82, 2.24) is 14.8 Å². The van der Waals surface area contributed by atoms with Crippen molar-refractivity contribution in [1.29, 1.82) is 0 Å². The lowest BCUT2D eigenvalue weighted by Crippen LogP contribution is -2.15. The molecule has 0 saturated heterocycles. The van der Waals surface area contributed by atoms with E-state index in [0.29, 0.717) is 17.2 Å². The zero-order valence-corrected chi connectivity index (χ0v) is 13.5. The highest BCUT2D eigenvalue weighted by atomic mass is 32.2. The number of thioether (sulfide) groups is 1. The second-order valence-electron chi connectivity index (χ2n) is 4.30. The van der Waals surface area contributed by atoms with E-state index in [-0.39, 0.29) is 11.7 Å². The van der Waals surface area contributed by atoms with Gasteiger partial charge >= 0.3 is 0 Å². The Balaban J connectivity index is 1.97. The summed E-state index contributed by atoms with van der Waals surface area (Å²) >= 11 is 1.34. The molecule has 22 heavy (non-hydrogen) atoms.